The van der Waals surface area contributed by atoms with Crippen LogP contribution in [0.4, 0.5) is 4.39 Å². The first-order chi connectivity index (χ1) is 5.79. The Bertz CT molecular complexity index is 288. The zero-order chi connectivity index (χ0) is 8.97. The number of rotatable bonds is 2. The molecule has 0 aliphatic carbocycles. The maximum Gasteiger partial charge on any atom is 0.265 e. The third kappa shape index (κ3) is 1.60. The lowest BCUT2D eigenvalue weighted by Crippen LogP contribution is -2.30. The summed E-state index contributed by atoms with van der Waals surface area (Å²) >= 11 is 0. The van der Waals surface area contributed by atoms with E-state index in [0.29, 0.717) is 5.56 Å². The first-order valence-corrected chi connectivity index (χ1v) is 3.44. The van der Waals surface area contributed by atoms with Crippen LogP contribution in [0, 0.1) is 0 Å². The number of nitrogen functional groups attached to an aromatic ring is 1. The second-order valence-corrected chi connectivity index (χ2v) is 2.26. The second kappa shape index (κ2) is 3.82. The normalized spacial score (nSPS) is 9.50. The molecule has 0 heterocycles. The molecule has 0 radical (unpaired) electrons. The Hall–Kier alpha value is -1.42. The number of hydrogen-bond acceptors (Lipinski definition) is 2. The summed E-state index contributed by atoms with van der Waals surface area (Å²) in [7, 11) is 0. The lowest BCUT2D eigenvalue weighted by atomic mass is 10.1. The Labute approximate surface area is 69.3 Å². The van der Waals surface area contributed by atoms with Crippen molar-refractivity contribution in [2.45, 2.75) is 6.67 Å². The van der Waals surface area contributed by atoms with Gasteiger partial charge in [-0.25, -0.2) is 10.2 Å². The zero-order valence-corrected chi connectivity index (χ0v) is 6.38. The SMILES string of the molecule is NNC(=O)c1ccccc1CF. The molecule has 0 saturated carbocycles. The van der Waals surface area contributed by atoms with Crippen molar-refractivity contribution in [1.29, 1.82) is 0 Å². The lowest BCUT2D eigenvalue weighted by Gasteiger charge is -2.03. The van der Waals surface area contributed by atoms with Crippen LogP contribution in [0.5, 0.6) is 0 Å². The Balaban J connectivity index is 3.04. The first kappa shape index (κ1) is 8.67. The third-order valence-electron chi connectivity index (χ3n) is 1.54. The molecule has 0 fully saturated rings. The van der Waals surface area contributed by atoms with Crippen LogP contribution in [0.15, 0.2) is 24.3 Å². The minimum Gasteiger partial charge on any atom is -0.290 e. The molecule has 3 N–H and O–H groups in total. The number of halogens is 1. The van der Waals surface area contributed by atoms with Crippen molar-refractivity contribution in [3.05, 3.63) is 35.4 Å². The summed E-state index contributed by atoms with van der Waals surface area (Å²) in [6, 6.07) is 6.40. The Kier molecular flexibility index (Phi) is 2.76. The molecule has 0 aromatic heterocycles. The fraction of sp³-hybridized carbons (Fsp3) is 0.125. The predicted molar refractivity (Wildman–Crippen MR) is 42.9 cm³/mol. The van der Waals surface area contributed by atoms with Crippen molar-refractivity contribution in [2.24, 2.45) is 5.84 Å². The summed E-state index contributed by atoms with van der Waals surface area (Å²) in [4.78, 5) is 11.0. The molecule has 0 unspecified atom stereocenters. The van der Waals surface area contributed by atoms with E-state index in [1.165, 1.54) is 6.07 Å². The van der Waals surface area contributed by atoms with Crippen LogP contribution in [-0.2, 0) is 6.67 Å². The molecule has 12 heavy (non-hydrogen) atoms. The number of carbonyl (C=O) groups excluding carboxylic acids is 1. The minimum absolute atomic E-state index is 0.280. The van der Waals surface area contributed by atoms with E-state index in [1.807, 2.05) is 5.43 Å². The van der Waals surface area contributed by atoms with Crippen LogP contribution < -0.4 is 11.3 Å². The number of nitrogens with one attached hydrogen (secondary N) is 1. The average molecular weight is 168 g/mol. The van der Waals surface area contributed by atoms with Gasteiger partial charge in [0, 0.05) is 5.56 Å². The van der Waals surface area contributed by atoms with Gasteiger partial charge in [-0.05, 0) is 11.6 Å². The Morgan fingerprint density at radius 2 is 2.17 bits per heavy atom. The van der Waals surface area contributed by atoms with E-state index < -0.39 is 12.6 Å². The molecule has 4 heteroatoms. The maximum absolute atomic E-state index is 12.3. The second-order valence-electron chi connectivity index (χ2n) is 2.26. The summed E-state index contributed by atoms with van der Waals surface area (Å²) in [6.45, 7) is -0.663. The molecule has 0 aliphatic heterocycles. The van der Waals surface area contributed by atoms with E-state index in [0.717, 1.165) is 0 Å². The molecule has 0 bridgehead atoms. The van der Waals surface area contributed by atoms with Crippen LogP contribution in [0.1, 0.15) is 15.9 Å². The molecular weight excluding hydrogens is 159 g/mol. The average Bonchev–Trinajstić information content (AvgIpc) is 2.16. The maximum atomic E-state index is 12.3. The fourth-order valence-corrected chi connectivity index (χ4v) is 0.936. The highest BCUT2D eigenvalue weighted by Gasteiger charge is 2.07. The van der Waals surface area contributed by atoms with Gasteiger partial charge in [0.2, 0.25) is 0 Å². The molecule has 0 saturated heterocycles. The van der Waals surface area contributed by atoms with Crippen molar-refractivity contribution in [1.82, 2.24) is 5.43 Å². The predicted octanol–water partition coefficient (Wildman–Crippen LogP) is 0.760. The van der Waals surface area contributed by atoms with Crippen molar-refractivity contribution in [2.75, 3.05) is 0 Å². The van der Waals surface area contributed by atoms with E-state index >= 15 is 0 Å². The van der Waals surface area contributed by atoms with Crippen molar-refractivity contribution >= 4 is 5.91 Å². The van der Waals surface area contributed by atoms with E-state index in [-0.39, 0.29) is 5.56 Å². The van der Waals surface area contributed by atoms with Gasteiger partial charge >= 0.3 is 0 Å². The molecule has 1 aromatic carbocycles. The number of amides is 1. The molecular formula is C8H9FN2O. The van der Waals surface area contributed by atoms with Gasteiger partial charge in [0.1, 0.15) is 6.67 Å². The van der Waals surface area contributed by atoms with Gasteiger partial charge in [-0.2, -0.15) is 0 Å². The highest BCUT2D eigenvalue weighted by atomic mass is 19.1. The molecule has 1 rings (SSSR count). The topological polar surface area (TPSA) is 55.1 Å². The van der Waals surface area contributed by atoms with Gasteiger partial charge < -0.3 is 0 Å². The van der Waals surface area contributed by atoms with E-state index in [2.05, 4.69) is 0 Å². The highest BCUT2D eigenvalue weighted by molar-refractivity contribution is 5.95. The van der Waals surface area contributed by atoms with Crippen molar-refractivity contribution in [3.8, 4) is 0 Å². The molecule has 1 amide bonds. The Morgan fingerprint density at radius 1 is 1.50 bits per heavy atom. The van der Waals surface area contributed by atoms with Crippen LogP contribution >= 0.6 is 0 Å². The van der Waals surface area contributed by atoms with E-state index in [1.54, 1.807) is 18.2 Å². The number of benzene rings is 1. The monoisotopic (exact) mass is 168 g/mol. The fourth-order valence-electron chi connectivity index (χ4n) is 0.936. The van der Waals surface area contributed by atoms with Crippen LogP contribution in [-0.4, -0.2) is 5.91 Å². The smallest absolute Gasteiger partial charge is 0.265 e. The quantitative estimate of drug-likeness (QED) is 0.389. The summed E-state index contributed by atoms with van der Waals surface area (Å²) < 4.78 is 12.3. The van der Waals surface area contributed by atoms with Crippen LogP contribution in [0.25, 0.3) is 0 Å². The van der Waals surface area contributed by atoms with Gasteiger partial charge in [-0.3, -0.25) is 10.2 Å². The number of nitrogens with two attached hydrogens (primary N) is 1. The lowest BCUT2D eigenvalue weighted by molar-refractivity contribution is 0.0952. The van der Waals surface area contributed by atoms with Gasteiger partial charge in [0.05, 0.1) is 0 Å². The van der Waals surface area contributed by atoms with Crippen molar-refractivity contribution in [3.63, 3.8) is 0 Å². The molecule has 1 aromatic rings. The van der Waals surface area contributed by atoms with E-state index in [4.69, 9.17) is 5.84 Å². The van der Waals surface area contributed by atoms with Crippen LogP contribution in [0.3, 0.4) is 0 Å². The Morgan fingerprint density at radius 3 is 2.75 bits per heavy atom. The third-order valence-corrected chi connectivity index (χ3v) is 1.54. The zero-order valence-electron chi connectivity index (χ0n) is 6.38. The van der Waals surface area contributed by atoms with Gasteiger partial charge in [0.25, 0.3) is 5.91 Å². The molecule has 0 aliphatic rings. The number of alkyl halides is 1. The van der Waals surface area contributed by atoms with Gasteiger partial charge in [0.15, 0.2) is 0 Å². The largest absolute Gasteiger partial charge is 0.290 e. The summed E-state index contributed by atoms with van der Waals surface area (Å²) in [5.74, 6) is 4.44. The molecule has 3 nitrogen and oxygen atoms in total. The standard InChI is InChI=1S/C8H9FN2O/c9-5-6-3-1-2-4-7(6)8(12)11-10/h1-4H,5,10H2,(H,11,12). The van der Waals surface area contributed by atoms with Crippen molar-refractivity contribution < 1.29 is 9.18 Å². The summed E-state index contributed by atoms with van der Waals surface area (Å²) in [6.07, 6.45) is 0. The first-order valence-electron chi connectivity index (χ1n) is 3.44. The van der Waals surface area contributed by atoms with Gasteiger partial charge in [-0.1, -0.05) is 18.2 Å². The highest BCUT2D eigenvalue weighted by Crippen LogP contribution is 2.09. The summed E-state index contributed by atoms with van der Waals surface area (Å²) in [5.41, 5.74) is 2.58. The number of carbonyl (C=O) groups is 1. The molecule has 0 spiro atoms. The number of hydrogen-bond donors (Lipinski definition) is 2. The summed E-state index contributed by atoms with van der Waals surface area (Å²) in [5, 5.41) is 0. The van der Waals surface area contributed by atoms with Gasteiger partial charge in [-0.15, -0.1) is 0 Å². The molecule has 64 valence electrons. The minimum atomic E-state index is -0.663. The molecule has 0 atom stereocenters. The van der Waals surface area contributed by atoms with E-state index in [9.17, 15) is 9.18 Å². The van der Waals surface area contributed by atoms with Crippen LogP contribution in [0.2, 0.25) is 0 Å². The number of hydrazine groups is 1.